The van der Waals surface area contributed by atoms with Gasteiger partial charge in [0.2, 0.25) is 0 Å². The molecule has 0 amide bonds. The summed E-state index contributed by atoms with van der Waals surface area (Å²) < 4.78 is 5.43. The number of hydrogen-bond donors (Lipinski definition) is 2. The molecule has 0 aliphatic heterocycles. The van der Waals surface area contributed by atoms with E-state index in [1.165, 1.54) is 11.1 Å². The molecule has 4 nitrogen and oxygen atoms in total. The molecule has 2 aromatic heterocycles. The van der Waals surface area contributed by atoms with Crippen LogP contribution in [0.25, 0.3) is 11.0 Å². The summed E-state index contributed by atoms with van der Waals surface area (Å²) in [6.07, 6.45) is 4.60. The number of benzene rings is 1. The molecule has 2 N–H and O–H groups in total. The first kappa shape index (κ1) is 12.7. The Hall–Kier alpha value is -2.33. The number of hydrogen-bond acceptors (Lipinski definition) is 3. The highest BCUT2D eigenvalue weighted by molar-refractivity contribution is 5.79. The molecule has 0 saturated carbocycles. The molecule has 0 aliphatic rings. The van der Waals surface area contributed by atoms with Gasteiger partial charge in [-0.2, -0.15) is 0 Å². The van der Waals surface area contributed by atoms with Crippen LogP contribution in [-0.4, -0.2) is 28.3 Å². The average Bonchev–Trinajstić information content (AvgIpc) is 2.89. The Kier molecular flexibility index (Phi) is 3.65. The second-order valence-corrected chi connectivity index (χ2v) is 4.61. The predicted molar refractivity (Wildman–Crippen MR) is 77.9 cm³/mol. The van der Waals surface area contributed by atoms with Gasteiger partial charge < -0.3 is 14.8 Å². The summed E-state index contributed by atoms with van der Waals surface area (Å²) in [5.74, 6) is 0.787. The van der Waals surface area contributed by atoms with Crippen molar-refractivity contribution in [3.63, 3.8) is 0 Å². The van der Waals surface area contributed by atoms with E-state index in [-0.39, 0.29) is 6.61 Å². The Balaban J connectivity index is 1.83. The second-order valence-electron chi connectivity index (χ2n) is 4.61. The molecular formula is C16H16N2O2. The Morgan fingerprint density at radius 2 is 2.15 bits per heavy atom. The molecule has 0 saturated heterocycles. The van der Waals surface area contributed by atoms with Crippen LogP contribution < -0.4 is 4.74 Å². The molecule has 102 valence electrons. The lowest BCUT2D eigenvalue weighted by Crippen LogP contribution is -2.01. The first-order valence-corrected chi connectivity index (χ1v) is 6.60. The minimum Gasteiger partial charge on any atom is -0.491 e. The van der Waals surface area contributed by atoms with Crippen molar-refractivity contribution >= 4 is 11.0 Å². The van der Waals surface area contributed by atoms with E-state index in [1.54, 1.807) is 6.20 Å². The number of nitrogens with zero attached hydrogens (tertiary/aromatic N) is 1. The highest BCUT2D eigenvalue weighted by atomic mass is 16.5. The zero-order chi connectivity index (χ0) is 13.8. The molecule has 0 radical (unpaired) electrons. The third-order valence-corrected chi connectivity index (χ3v) is 3.19. The monoisotopic (exact) mass is 268 g/mol. The Labute approximate surface area is 117 Å². The first-order chi connectivity index (χ1) is 9.86. The predicted octanol–water partition coefficient (Wildman–Crippen LogP) is 2.52. The van der Waals surface area contributed by atoms with Crippen LogP contribution in [0.1, 0.15) is 11.1 Å². The van der Waals surface area contributed by atoms with Gasteiger partial charge in [0.15, 0.2) is 0 Å². The maximum atomic E-state index is 8.79. The number of H-pyrrole nitrogens is 1. The van der Waals surface area contributed by atoms with Crippen LogP contribution in [0.2, 0.25) is 0 Å². The topological polar surface area (TPSA) is 58.1 Å². The lowest BCUT2D eigenvalue weighted by atomic mass is 10.1. The van der Waals surface area contributed by atoms with Gasteiger partial charge in [-0.1, -0.05) is 12.1 Å². The van der Waals surface area contributed by atoms with Crippen LogP contribution in [0.4, 0.5) is 0 Å². The molecule has 0 unspecified atom stereocenters. The van der Waals surface area contributed by atoms with Gasteiger partial charge in [-0.25, -0.2) is 4.98 Å². The van der Waals surface area contributed by atoms with E-state index >= 15 is 0 Å². The van der Waals surface area contributed by atoms with Gasteiger partial charge in [0.05, 0.1) is 6.61 Å². The van der Waals surface area contributed by atoms with E-state index in [0.717, 1.165) is 23.2 Å². The van der Waals surface area contributed by atoms with Gasteiger partial charge in [-0.15, -0.1) is 0 Å². The first-order valence-electron chi connectivity index (χ1n) is 6.60. The second kappa shape index (κ2) is 5.75. The molecule has 0 atom stereocenters. The van der Waals surface area contributed by atoms with Gasteiger partial charge >= 0.3 is 0 Å². The fourth-order valence-electron chi connectivity index (χ4n) is 2.29. The molecule has 3 aromatic rings. The van der Waals surface area contributed by atoms with Gasteiger partial charge in [0.1, 0.15) is 18.0 Å². The Morgan fingerprint density at radius 1 is 1.20 bits per heavy atom. The highest BCUT2D eigenvalue weighted by Crippen LogP contribution is 2.21. The molecule has 20 heavy (non-hydrogen) atoms. The average molecular weight is 268 g/mol. The van der Waals surface area contributed by atoms with E-state index < -0.39 is 0 Å². The lowest BCUT2D eigenvalue weighted by molar-refractivity contribution is 0.201. The summed E-state index contributed by atoms with van der Waals surface area (Å²) in [6.45, 7) is 0.346. The Morgan fingerprint density at radius 3 is 3.05 bits per heavy atom. The van der Waals surface area contributed by atoms with E-state index in [2.05, 4.69) is 22.1 Å². The number of aromatic nitrogens is 2. The SMILES string of the molecule is OCCOc1cccc(Cc2c[nH]c3ncccc23)c1. The maximum absolute atomic E-state index is 8.79. The summed E-state index contributed by atoms with van der Waals surface area (Å²) in [5, 5.41) is 9.93. The zero-order valence-electron chi connectivity index (χ0n) is 11.0. The van der Waals surface area contributed by atoms with Crippen LogP contribution in [0.15, 0.2) is 48.8 Å². The number of pyridine rings is 1. The van der Waals surface area contributed by atoms with Crippen LogP contribution in [-0.2, 0) is 6.42 Å². The van der Waals surface area contributed by atoms with Crippen molar-refractivity contribution in [2.45, 2.75) is 6.42 Å². The number of nitrogens with one attached hydrogen (secondary N) is 1. The van der Waals surface area contributed by atoms with Crippen LogP contribution in [0, 0.1) is 0 Å². The molecule has 0 fully saturated rings. The van der Waals surface area contributed by atoms with E-state index in [9.17, 15) is 0 Å². The van der Waals surface area contributed by atoms with E-state index in [4.69, 9.17) is 9.84 Å². The van der Waals surface area contributed by atoms with Crippen molar-refractivity contribution in [1.29, 1.82) is 0 Å². The fourth-order valence-corrected chi connectivity index (χ4v) is 2.29. The van der Waals surface area contributed by atoms with E-state index in [1.807, 2.05) is 30.5 Å². The molecule has 2 heterocycles. The van der Waals surface area contributed by atoms with Gasteiger partial charge in [-0.05, 0) is 41.8 Å². The fraction of sp³-hybridized carbons (Fsp3) is 0.188. The number of aliphatic hydroxyl groups excluding tert-OH is 1. The third kappa shape index (κ3) is 2.65. The molecule has 0 aliphatic carbocycles. The van der Waals surface area contributed by atoms with Crippen molar-refractivity contribution in [3.05, 3.63) is 59.9 Å². The molecule has 4 heteroatoms. The standard InChI is InChI=1S/C16H16N2O2/c19-7-8-20-14-4-1-3-12(10-14)9-13-11-18-16-15(13)5-2-6-17-16/h1-6,10-11,19H,7-9H2,(H,17,18). The minimum absolute atomic E-state index is 0.0261. The maximum Gasteiger partial charge on any atom is 0.137 e. The Bertz CT molecular complexity index is 706. The quantitative estimate of drug-likeness (QED) is 0.747. The van der Waals surface area contributed by atoms with Gasteiger partial charge in [-0.3, -0.25) is 0 Å². The van der Waals surface area contributed by atoms with Crippen LogP contribution in [0.3, 0.4) is 0 Å². The highest BCUT2D eigenvalue weighted by Gasteiger charge is 2.05. The van der Waals surface area contributed by atoms with Crippen molar-refractivity contribution < 1.29 is 9.84 Å². The number of fused-ring (bicyclic) bond motifs is 1. The summed E-state index contributed by atoms with van der Waals surface area (Å²) in [6, 6.07) is 12.0. The number of aliphatic hydroxyl groups is 1. The van der Waals surface area contributed by atoms with Crippen LogP contribution in [0.5, 0.6) is 5.75 Å². The van der Waals surface area contributed by atoms with Crippen molar-refractivity contribution in [2.75, 3.05) is 13.2 Å². The number of rotatable bonds is 5. The minimum atomic E-state index is 0.0261. The number of aromatic amines is 1. The largest absolute Gasteiger partial charge is 0.491 e. The van der Waals surface area contributed by atoms with Gasteiger partial charge in [0, 0.05) is 17.8 Å². The van der Waals surface area contributed by atoms with Crippen molar-refractivity contribution in [3.8, 4) is 5.75 Å². The zero-order valence-corrected chi connectivity index (χ0v) is 11.0. The normalized spacial score (nSPS) is 10.8. The summed E-state index contributed by atoms with van der Waals surface area (Å²) >= 11 is 0. The van der Waals surface area contributed by atoms with Crippen LogP contribution >= 0.6 is 0 Å². The molecule has 1 aromatic carbocycles. The lowest BCUT2D eigenvalue weighted by Gasteiger charge is -2.06. The summed E-state index contributed by atoms with van der Waals surface area (Å²) in [4.78, 5) is 7.48. The van der Waals surface area contributed by atoms with Gasteiger partial charge in [0.25, 0.3) is 0 Å². The molecule has 0 bridgehead atoms. The van der Waals surface area contributed by atoms with E-state index in [0.29, 0.717) is 6.61 Å². The molecule has 3 rings (SSSR count). The smallest absolute Gasteiger partial charge is 0.137 e. The molecular weight excluding hydrogens is 252 g/mol. The number of ether oxygens (including phenoxy) is 1. The van der Waals surface area contributed by atoms with Crippen molar-refractivity contribution in [2.24, 2.45) is 0 Å². The molecule has 0 spiro atoms. The van der Waals surface area contributed by atoms with Crippen molar-refractivity contribution in [1.82, 2.24) is 9.97 Å². The summed E-state index contributed by atoms with van der Waals surface area (Å²) in [5.41, 5.74) is 3.30. The summed E-state index contributed by atoms with van der Waals surface area (Å²) in [7, 11) is 0. The third-order valence-electron chi connectivity index (χ3n) is 3.19.